The first-order valence-electron chi connectivity index (χ1n) is 12.2. The number of amides is 4. The molecule has 11 heteroatoms. The minimum Gasteiger partial charge on any atom is -0.394 e. The van der Waals surface area contributed by atoms with Crippen molar-refractivity contribution in [2.45, 2.75) is 63.2 Å². The maximum Gasteiger partial charge on any atom is 0.315 e. The SMILES string of the molecule is CC1[C@@H](NC(=O)[C@@H]2CCN2C(=O)[C@@H](CO)NC(=O)NCCCc2ccccc2)CCCN1C(=N)N. The molecule has 1 aromatic carbocycles. The van der Waals surface area contributed by atoms with Crippen molar-refractivity contribution < 1.29 is 19.5 Å². The highest BCUT2D eigenvalue weighted by atomic mass is 16.3. The zero-order valence-electron chi connectivity index (χ0n) is 20.2. The zero-order valence-corrected chi connectivity index (χ0v) is 20.2. The van der Waals surface area contributed by atoms with Crippen LogP contribution in [-0.2, 0) is 16.0 Å². The molecule has 7 N–H and O–H groups in total. The van der Waals surface area contributed by atoms with Crippen LogP contribution in [-0.4, -0.2) is 89.1 Å². The molecule has 0 radical (unpaired) electrons. The van der Waals surface area contributed by atoms with Gasteiger partial charge in [-0.15, -0.1) is 0 Å². The number of aliphatic hydroxyl groups is 1. The normalized spacial score (nSPS) is 22.5. The van der Waals surface area contributed by atoms with Gasteiger partial charge in [0.05, 0.1) is 6.61 Å². The Hall–Kier alpha value is -3.34. The topological polar surface area (TPSA) is 164 Å². The van der Waals surface area contributed by atoms with Crippen molar-refractivity contribution in [1.82, 2.24) is 25.8 Å². The van der Waals surface area contributed by atoms with E-state index in [4.69, 9.17) is 11.1 Å². The van der Waals surface area contributed by atoms with Crippen molar-refractivity contribution in [1.29, 1.82) is 5.41 Å². The molecule has 0 bridgehead atoms. The summed E-state index contributed by atoms with van der Waals surface area (Å²) in [5, 5.41) is 25.6. The number of urea groups is 1. The van der Waals surface area contributed by atoms with Gasteiger partial charge >= 0.3 is 6.03 Å². The van der Waals surface area contributed by atoms with Crippen LogP contribution in [0.2, 0.25) is 0 Å². The number of aliphatic hydroxyl groups excluding tert-OH is 1. The summed E-state index contributed by atoms with van der Waals surface area (Å²) in [6.07, 6.45) is 3.64. The summed E-state index contributed by atoms with van der Waals surface area (Å²) in [7, 11) is 0. The molecule has 3 rings (SSSR count). The summed E-state index contributed by atoms with van der Waals surface area (Å²) >= 11 is 0. The minimum atomic E-state index is -1.12. The average molecular weight is 488 g/mol. The standard InChI is InChI=1S/C24H37N7O4/c1-16-18(10-6-13-30(16)23(25)26)28-21(33)20-11-14-31(20)22(34)19(15-32)29-24(35)27-12-5-9-17-7-3-2-4-8-17/h2-4,7-8,16,18-20,32H,5-6,9-15H2,1H3,(H3,25,26)(H,28,33)(H2,27,29,35)/t16?,18-,19+,20-/m0/s1. The van der Waals surface area contributed by atoms with Crippen LogP contribution in [0.4, 0.5) is 4.79 Å². The van der Waals surface area contributed by atoms with Crippen LogP contribution in [0.25, 0.3) is 0 Å². The molecule has 1 unspecified atom stereocenters. The van der Waals surface area contributed by atoms with Crippen LogP contribution in [0.1, 0.15) is 38.2 Å². The molecule has 2 saturated heterocycles. The fourth-order valence-corrected chi connectivity index (χ4v) is 4.61. The van der Waals surface area contributed by atoms with E-state index in [9.17, 15) is 19.5 Å². The lowest BCUT2D eigenvalue weighted by molar-refractivity contribution is -0.150. The molecule has 2 heterocycles. The summed E-state index contributed by atoms with van der Waals surface area (Å²) in [5.74, 6) is -0.776. The summed E-state index contributed by atoms with van der Waals surface area (Å²) in [4.78, 5) is 41.2. The number of hydrogen-bond donors (Lipinski definition) is 6. The number of rotatable bonds is 9. The summed E-state index contributed by atoms with van der Waals surface area (Å²) in [6.45, 7) is 2.84. The molecule has 1 aromatic rings. The number of nitrogens with one attached hydrogen (secondary N) is 4. The fourth-order valence-electron chi connectivity index (χ4n) is 4.61. The van der Waals surface area contributed by atoms with Crippen LogP contribution in [0.15, 0.2) is 30.3 Å². The van der Waals surface area contributed by atoms with Gasteiger partial charge in [-0.05, 0) is 44.6 Å². The molecule has 4 atom stereocenters. The van der Waals surface area contributed by atoms with Crippen molar-refractivity contribution in [2.75, 3.05) is 26.2 Å². The van der Waals surface area contributed by atoms with Crippen molar-refractivity contribution >= 4 is 23.8 Å². The second-order valence-electron chi connectivity index (χ2n) is 9.14. The Kier molecular flexibility index (Phi) is 9.30. The minimum absolute atomic E-state index is 0.0212. The Morgan fingerprint density at radius 2 is 1.91 bits per heavy atom. The summed E-state index contributed by atoms with van der Waals surface area (Å²) in [5.41, 5.74) is 6.82. The van der Waals surface area contributed by atoms with Gasteiger partial charge in [-0.1, -0.05) is 30.3 Å². The first-order valence-corrected chi connectivity index (χ1v) is 12.2. The number of aryl methyl sites for hydroxylation is 1. The number of nitrogens with zero attached hydrogens (tertiary/aromatic N) is 2. The predicted octanol–water partition coefficient (Wildman–Crippen LogP) is -0.257. The van der Waals surface area contributed by atoms with E-state index in [0.29, 0.717) is 26.1 Å². The van der Waals surface area contributed by atoms with Gasteiger partial charge in [0.25, 0.3) is 0 Å². The Bertz CT molecular complexity index is 897. The average Bonchev–Trinajstić information content (AvgIpc) is 2.81. The molecule has 35 heavy (non-hydrogen) atoms. The number of carbonyl (C=O) groups is 3. The van der Waals surface area contributed by atoms with Crippen LogP contribution in [0.3, 0.4) is 0 Å². The van der Waals surface area contributed by atoms with Crippen LogP contribution < -0.4 is 21.7 Å². The van der Waals surface area contributed by atoms with E-state index >= 15 is 0 Å². The Balaban J connectivity index is 1.45. The number of guanidine groups is 1. The molecule has 192 valence electrons. The maximum absolute atomic E-state index is 12.9. The van der Waals surface area contributed by atoms with Crippen LogP contribution in [0, 0.1) is 5.41 Å². The molecule has 0 spiro atoms. The molecule has 0 saturated carbocycles. The summed E-state index contributed by atoms with van der Waals surface area (Å²) < 4.78 is 0. The molecule has 11 nitrogen and oxygen atoms in total. The molecule has 4 amide bonds. The molecular formula is C24H37N7O4. The first-order chi connectivity index (χ1) is 16.8. The highest BCUT2D eigenvalue weighted by Gasteiger charge is 2.42. The third-order valence-electron chi connectivity index (χ3n) is 6.79. The van der Waals surface area contributed by atoms with Crippen LogP contribution in [0.5, 0.6) is 0 Å². The summed E-state index contributed by atoms with van der Waals surface area (Å²) in [6, 6.07) is 7.33. The van der Waals surface area contributed by atoms with Gasteiger partial charge in [0.2, 0.25) is 11.8 Å². The Morgan fingerprint density at radius 3 is 2.54 bits per heavy atom. The van der Waals surface area contributed by atoms with Gasteiger partial charge in [-0.3, -0.25) is 15.0 Å². The fraction of sp³-hybridized carbons (Fsp3) is 0.583. The van der Waals surface area contributed by atoms with E-state index in [2.05, 4.69) is 16.0 Å². The molecule has 2 aliphatic heterocycles. The Morgan fingerprint density at radius 1 is 1.17 bits per heavy atom. The number of piperidine rings is 1. The number of nitrogens with two attached hydrogens (primary N) is 1. The third kappa shape index (κ3) is 6.84. The third-order valence-corrected chi connectivity index (χ3v) is 6.79. The van der Waals surface area contributed by atoms with E-state index in [1.165, 1.54) is 10.5 Å². The van der Waals surface area contributed by atoms with Crippen molar-refractivity contribution in [3.8, 4) is 0 Å². The zero-order chi connectivity index (χ0) is 25.4. The quantitative estimate of drug-likeness (QED) is 0.160. The largest absolute Gasteiger partial charge is 0.394 e. The number of benzene rings is 1. The monoisotopic (exact) mass is 487 g/mol. The number of hydrogen-bond acceptors (Lipinski definition) is 5. The molecular weight excluding hydrogens is 450 g/mol. The molecule has 2 aliphatic rings. The smallest absolute Gasteiger partial charge is 0.315 e. The maximum atomic E-state index is 12.9. The van der Waals surface area contributed by atoms with E-state index in [1.807, 2.05) is 37.3 Å². The van der Waals surface area contributed by atoms with Crippen molar-refractivity contribution in [3.05, 3.63) is 35.9 Å². The van der Waals surface area contributed by atoms with Gasteiger partial charge in [-0.2, -0.15) is 0 Å². The van der Waals surface area contributed by atoms with E-state index in [0.717, 1.165) is 25.7 Å². The first kappa shape index (κ1) is 26.3. The molecule has 0 aromatic heterocycles. The lowest BCUT2D eigenvalue weighted by atomic mass is 9.95. The van der Waals surface area contributed by atoms with Crippen molar-refractivity contribution in [3.63, 3.8) is 0 Å². The van der Waals surface area contributed by atoms with E-state index < -0.39 is 30.6 Å². The van der Waals surface area contributed by atoms with Gasteiger partial charge in [-0.25, -0.2) is 4.79 Å². The van der Waals surface area contributed by atoms with Gasteiger partial charge in [0.15, 0.2) is 5.96 Å². The predicted molar refractivity (Wildman–Crippen MR) is 132 cm³/mol. The van der Waals surface area contributed by atoms with E-state index in [-0.39, 0.29) is 24.0 Å². The molecule has 2 fully saturated rings. The van der Waals surface area contributed by atoms with E-state index in [1.54, 1.807) is 4.90 Å². The number of carbonyl (C=O) groups excluding carboxylic acids is 3. The molecule has 0 aliphatic carbocycles. The highest BCUT2D eigenvalue weighted by Crippen LogP contribution is 2.22. The van der Waals surface area contributed by atoms with Crippen LogP contribution >= 0.6 is 0 Å². The lowest BCUT2D eigenvalue weighted by Crippen LogP contribution is -2.66. The van der Waals surface area contributed by atoms with Gasteiger partial charge in [0, 0.05) is 31.7 Å². The van der Waals surface area contributed by atoms with Crippen molar-refractivity contribution in [2.24, 2.45) is 5.73 Å². The second-order valence-corrected chi connectivity index (χ2v) is 9.14. The number of likely N-dealkylation sites (tertiary alicyclic amines) is 2. The van der Waals surface area contributed by atoms with Gasteiger partial charge in [0.1, 0.15) is 12.1 Å². The lowest BCUT2D eigenvalue weighted by Gasteiger charge is -2.44. The van der Waals surface area contributed by atoms with Gasteiger partial charge < -0.3 is 36.6 Å². The Labute approximate surface area is 205 Å². The highest BCUT2D eigenvalue weighted by molar-refractivity contribution is 5.93. The second kappa shape index (κ2) is 12.4.